The number of aromatic amines is 2. The Morgan fingerprint density at radius 2 is 2.22 bits per heavy atom. The summed E-state index contributed by atoms with van der Waals surface area (Å²) in [6, 6.07) is -0.235. The summed E-state index contributed by atoms with van der Waals surface area (Å²) in [7, 11) is 1.48. The third-order valence-electron chi connectivity index (χ3n) is 2.66. The van der Waals surface area contributed by atoms with Crippen molar-refractivity contribution in [2.24, 2.45) is 7.05 Å². The molecular weight excluding hydrogens is 236 g/mol. The molecule has 1 unspecified atom stereocenters. The van der Waals surface area contributed by atoms with Gasteiger partial charge in [0.15, 0.2) is 0 Å². The highest BCUT2D eigenvalue weighted by molar-refractivity contribution is 5.60. The van der Waals surface area contributed by atoms with Gasteiger partial charge in [-0.05, 0) is 6.92 Å². The topological polar surface area (TPSA) is 122 Å². The van der Waals surface area contributed by atoms with E-state index in [-0.39, 0.29) is 17.5 Å². The zero-order chi connectivity index (χ0) is 13.3. The molecule has 0 saturated heterocycles. The standard InChI is InChI=1S/C10H14N6O2/c1-5(8-12-3-4-13-8)14-6-7(11)16(2)10(18)15-9(6)17/h3-5,14H,11H2,1-2H3,(H,12,13)(H,15,17,18). The number of hydrogen-bond donors (Lipinski definition) is 4. The molecule has 0 saturated carbocycles. The number of aromatic nitrogens is 4. The van der Waals surface area contributed by atoms with Crippen molar-refractivity contribution in [2.45, 2.75) is 13.0 Å². The molecule has 1 atom stereocenters. The zero-order valence-corrected chi connectivity index (χ0v) is 10.0. The third-order valence-corrected chi connectivity index (χ3v) is 2.66. The van der Waals surface area contributed by atoms with Crippen molar-refractivity contribution in [1.82, 2.24) is 19.5 Å². The number of nitrogens with zero attached hydrogens (tertiary/aromatic N) is 2. The van der Waals surface area contributed by atoms with Gasteiger partial charge in [0.25, 0.3) is 5.56 Å². The average molecular weight is 250 g/mol. The number of anilines is 2. The van der Waals surface area contributed by atoms with Gasteiger partial charge in [-0.1, -0.05) is 0 Å². The van der Waals surface area contributed by atoms with Crippen molar-refractivity contribution in [2.75, 3.05) is 11.1 Å². The fraction of sp³-hybridized carbons (Fsp3) is 0.300. The maximum absolute atomic E-state index is 11.7. The van der Waals surface area contributed by atoms with E-state index in [0.717, 1.165) is 0 Å². The van der Waals surface area contributed by atoms with Gasteiger partial charge in [0.05, 0.1) is 6.04 Å². The van der Waals surface area contributed by atoms with E-state index in [9.17, 15) is 9.59 Å². The maximum Gasteiger partial charge on any atom is 0.329 e. The molecule has 0 aliphatic rings. The Kier molecular flexibility index (Phi) is 2.92. The normalized spacial score (nSPS) is 12.3. The molecule has 0 radical (unpaired) electrons. The van der Waals surface area contributed by atoms with Crippen LogP contribution in [0.3, 0.4) is 0 Å². The van der Waals surface area contributed by atoms with Crippen LogP contribution in [0.4, 0.5) is 11.5 Å². The van der Waals surface area contributed by atoms with Crippen molar-refractivity contribution < 1.29 is 0 Å². The molecule has 0 aromatic carbocycles. The largest absolute Gasteiger partial charge is 0.383 e. The summed E-state index contributed by atoms with van der Waals surface area (Å²) in [6.07, 6.45) is 3.30. The molecule has 2 rings (SSSR count). The molecule has 0 amide bonds. The molecule has 96 valence electrons. The van der Waals surface area contributed by atoms with Crippen LogP contribution in [-0.4, -0.2) is 19.5 Å². The van der Waals surface area contributed by atoms with E-state index in [1.54, 1.807) is 12.4 Å². The number of nitrogens with two attached hydrogens (primary N) is 1. The number of rotatable bonds is 3. The minimum absolute atomic E-state index is 0.0853. The van der Waals surface area contributed by atoms with E-state index in [2.05, 4.69) is 20.3 Å². The summed E-state index contributed by atoms with van der Waals surface area (Å²) in [5.74, 6) is 0.754. The van der Waals surface area contributed by atoms with Crippen molar-refractivity contribution in [1.29, 1.82) is 0 Å². The maximum atomic E-state index is 11.7. The second kappa shape index (κ2) is 4.40. The van der Waals surface area contributed by atoms with E-state index in [0.29, 0.717) is 5.82 Å². The predicted molar refractivity (Wildman–Crippen MR) is 67.3 cm³/mol. The molecule has 0 aliphatic carbocycles. The minimum atomic E-state index is -0.547. The van der Waals surface area contributed by atoms with Gasteiger partial charge >= 0.3 is 5.69 Å². The average Bonchev–Trinajstić information content (AvgIpc) is 2.85. The Balaban J connectivity index is 2.39. The predicted octanol–water partition coefficient (Wildman–Crippen LogP) is -0.448. The van der Waals surface area contributed by atoms with E-state index in [1.807, 2.05) is 6.92 Å². The van der Waals surface area contributed by atoms with Crippen molar-refractivity contribution >= 4 is 11.5 Å². The lowest BCUT2D eigenvalue weighted by Gasteiger charge is -2.15. The summed E-state index contributed by atoms with van der Waals surface area (Å²) < 4.78 is 1.17. The number of imidazole rings is 1. The Bertz CT molecular complexity index is 654. The van der Waals surface area contributed by atoms with Gasteiger partial charge in [-0.25, -0.2) is 9.78 Å². The van der Waals surface area contributed by atoms with Gasteiger partial charge in [-0.15, -0.1) is 0 Å². The zero-order valence-electron chi connectivity index (χ0n) is 10.0. The third kappa shape index (κ3) is 1.99. The molecule has 8 heteroatoms. The molecule has 0 spiro atoms. The Hall–Kier alpha value is -2.51. The number of nitrogens with one attached hydrogen (secondary N) is 3. The van der Waals surface area contributed by atoms with Crippen LogP contribution in [0.2, 0.25) is 0 Å². The van der Waals surface area contributed by atoms with Crippen LogP contribution in [-0.2, 0) is 7.05 Å². The number of hydrogen-bond acceptors (Lipinski definition) is 5. The van der Waals surface area contributed by atoms with Gasteiger partial charge in [0.2, 0.25) is 0 Å². The van der Waals surface area contributed by atoms with Crippen LogP contribution in [0.5, 0.6) is 0 Å². The van der Waals surface area contributed by atoms with Gasteiger partial charge in [0, 0.05) is 19.4 Å². The Labute approximate surface area is 102 Å². The molecule has 0 bridgehead atoms. The lowest BCUT2D eigenvalue weighted by Crippen LogP contribution is -2.33. The molecule has 2 aromatic rings. The molecule has 5 N–H and O–H groups in total. The Morgan fingerprint density at radius 3 is 2.83 bits per heavy atom. The lowest BCUT2D eigenvalue weighted by atomic mass is 10.3. The first-order chi connectivity index (χ1) is 8.50. The van der Waals surface area contributed by atoms with Crippen LogP contribution in [0.1, 0.15) is 18.8 Å². The molecular formula is C10H14N6O2. The van der Waals surface area contributed by atoms with Crippen LogP contribution >= 0.6 is 0 Å². The van der Waals surface area contributed by atoms with Crippen LogP contribution < -0.4 is 22.3 Å². The van der Waals surface area contributed by atoms with Gasteiger partial charge in [-0.3, -0.25) is 14.3 Å². The van der Waals surface area contributed by atoms with Gasteiger partial charge in [0.1, 0.15) is 17.3 Å². The number of H-pyrrole nitrogens is 2. The summed E-state index contributed by atoms with van der Waals surface area (Å²) in [4.78, 5) is 32.2. The van der Waals surface area contributed by atoms with E-state index in [4.69, 9.17) is 5.73 Å². The first kappa shape index (κ1) is 12.0. The summed E-state index contributed by atoms with van der Waals surface area (Å²) in [5, 5.41) is 2.93. The lowest BCUT2D eigenvalue weighted by molar-refractivity contribution is 0.781. The molecule has 0 fully saturated rings. The van der Waals surface area contributed by atoms with Gasteiger partial charge in [-0.2, -0.15) is 0 Å². The molecule has 2 heterocycles. The molecule has 0 aliphatic heterocycles. The monoisotopic (exact) mass is 250 g/mol. The quantitative estimate of drug-likeness (QED) is 0.588. The molecule has 2 aromatic heterocycles. The van der Waals surface area contributed by atoms with Crippen LogP contribution in [0.15, 0.2) is 22.0 Å². The van der Waals surface area contributed by atoms with Crippen molar-refractivity contribution in [3.05, 3.63) is 39.1 Å². The SMILES string of the molecule is CC(Nc1c(N)n(C)c(=O)[nH]c1=O)c1ncc[nH]1. The Morgan fingerprint density at radius 1 is 1.50 bits per heavy atom. The van der Waals surface area contributed by atoms with E-state index < -0.39 is 11.2 Å². The highest BCUT2D eigenvalue weighted by Gasteiger charge is 2.14. The van der Waals surface area contributed by atoms with Crippen molar-refractivity contribution in [3.63, 3.8) is 0 Å². The first-order valence-electron chi connectivity index (χ1n) is 5.35. The summed E-state index contributed by atoms with van der Waals surface area (Å²) in [6.45, 7) is 1.82. The summed E-state index contributed by atoms with van der Waals surface area (Å²) >= 11 is 0. The van der Waals surface area contributed by atoms with Crippen molar-refractivity contribution in [3.8, 4) is 0 Å². The van der Waals surface area contributed by atoms with E-state index in [1.165, 1.54) is 11.6 Å². The molecule has 18 heavy (non-hydrogen) atoms. The van der Waals surface area contributed by atoms with Crippen LogP contribution in [0, 0.1) is 0 Å². The van der Waals surface area contributed by atoms with Crippen LogP contribution in [0.25, 0.3) is 0 Å². The summed E-state index contributed by atoms with van der Waals surface area (Å²) in [5.41, 5.74) is 4.79. The van der Waals surface area contributed by atoms with E-state index >= 15 is 0 Å². The first-order valence-corrected chi connectivity index (χ1v) is 5.35. The fourth-order valence-electron chi connectivity index (χ4n) is 1.58. The second-order valence-corrected chi connectivity index (χ2v) is 3.92. The number of nitrogen functional groups attached to an aromatic ring is 1. The highest BCUT2D eigenvalue weighted by Crippen LogP contribution is 2.16. The smallest absolute Gasteiger partial charge is 0.329 e. The highest BCUT2D eigenvalue weighted by atomic mass is 16.2. The molecule has 8 nitrogen and oxygen atoms in total. The minimum Gasteiger partial charge on any atom is -0.383 e. The second-order valence-electron chi connectivity index (χ2n) is 3.92. The fourth-order valence-corrected chi connectivity index (χ4v) is 1.58. The van der Waals surface area contributed by atoms with Gasteiger partial charge < -0.3 is 16.0 Å².